The fourth-order valence-corrected chi connectivity index (χ4v) is 3.18. The van der Waals surface area contributed by atoms with Gasteiger partial charge in [-0.2, -0.15) is 11.8 Å². The number of ether oxygens (including phenoxy) is 4. The fraction of sp³-hybridized carbons (Fsp3) is 0.852. The molecular formula is C27H49NO8S. The van der Waals surface area contributed by atoms with Crippen LogP contribution in [-0.2, 0) is 38.1 Å². The Morgan fingerprint density at radius 1 is 0.784 bits per heavy atom. The van der Waals surface area contributed by atoms with Crippen LogP contribution < -0.4 is 5.32 Å². The SMILES string of the molecule is CSC(C)(C)COC(C)CC(=O)NC(COCCC(C)=O)(COCCC(C)=O)COCCC(=O)C(C)C. The van der Waals surface area contributed by atoms with Crippen LogP contribution in [0.5, 0.6) is 0 Å². The molecule has 10 heteroatoms. The Balaban J connectivity index is 5.41. The summed E-state index contributed by atoms with van der Waals surface area (Å²) in [6.07, 6.45) is 2.57. The van der Waals surface area contributed by atoms with Gasteiger partial charge in [-0.15, -0.1) is 0 Å². The van der Waals surface area contributed by atoms with E-state index >= 15 is 0 Å². The molecule has 0 aromatic rings. The van der Waals surface area contributed by atoms with Crippen LogP contribution in [0.3, 0.4) is 0 Å². The number of amides is 1. The van der Waals surface area contributed by atoms with Crippen LogP contribution in [0.25, 0.3) is 0 Å². The van der Waals surface area contributed by atoms with Crippen molar-refractivity contribution in [3.05, 3.63) is 0 Å². The van der Waals surface area contributed by atoms with Gasteiger partial charge in [0.05, 0.1) is 58.8 Å². The molecule has 0 aromatic carbocycles. The molecule has 0 spiro atoms. The zero-order valence-corrected chi connectivity index (χ0v) is 24.9. The zero-order chi connectivity index (χ0) is 28.5. The van der Waals surface area contributed by atoms with Crippen LogP contribution in [0.15, 0.2) is 0 Å². The third-order valence-corrected chi connectivity index (χ3v) is 6.84. The third kappa shape index (κ3) is 18.5. The summed E-state index contributed by atoms with van der Waals surface area (Å²) in [5.41, 5.74) is -1.07. The van der Waals surface area contributed by atoms with E-state index in [1.807, 2.05) is 27.0 Å². The highest BCUT2D eigenvalue weighted by atomic mass is 32.2. The van der Waals surface area contributed by atoms with Gasteiger partial charge in [-0.05, 0) is 40.9 Å². The summed E-state index contributed by atoms with van der Waals surface area (Å²) in [4.78, 5) is 47.7. The lowest BCUT2D eigenvalue weighted by molar-refractivity contribution is -0.132. The Morgan fingerprint density at radius 3 is 1.65 bits per heavy atom. The Bertz CT molecular complexity index is 689. The van der Waals surface area contributed by atoms with Gasteiger partial charge in [0.2, 0.25) is 5.91 Å². The smallest absolute Gasteiger partial charge is 0.223 e. The standard InChI is InChI=1S/C27H49NO8S/c1-20(2)24(31)11-14-35-19-27(17-33-12-9-21(3)29,18-34-13-10-22(4)30)28-25(32)15-23(5)36-16-26(6,7)37-8/h20,23H,9-19H2,1-8H3,(H,28,32). The molecule has 1 amide bonds. The van der Waals surface area contributed by atoms with Gasteiger partial charge in [0.15, 0.2) is 0 Å². The molecule has 216 valence electrons. The lowest BCUT2D eigenvalue weighted by atomic mass is 10.0. The maximum Gasteiger partial charge on any atom is 0.223 e. The van der Waals surface area contributed by atoms with Crippen LogP contribution in [0.4, 0.5) is 0 Å². The molecule has 1 unspecified atom stereocenters. The topological polar surface area (TPSA) is 117 Å². The number of carbonyl (C=O) groups is 4. The Kier molecular flexibility index (Phi) is 18.2. The second kappa shape index (κ2) is 18.8. The summed E-state index contributed by atoms with van der Waals surface area (Å²) in [7, 11) is 0. The molecule has 1 N–H and O–H groups in total. The number of thioether (sulfide) groups is 1. The molecule has 0 bridgehead atoms. The molecule has 9 nitrogen and oxygen atoms in total. The average molecular weight is 548 g/mol. The summed E-state index contributed by atoms with van der Waals surface area (Å²) < 4.78 is 23.2. The van der Waals surface area contributed by atoms with Gasteiger partial charge in [0, 0.05) is 29.9 Å². The van der Waals surface area contributed by atoms with E-state index in [9.17, 15) is 19.2 Å². The quantitative estimate of drug-likeness (QED) is 0.192. The first-order valence-corrected chi connectivity index (χ1v) is 14.2. The molecule has 0 fully saturated rings. The van der Waals surface area contributed by atoms with Gasteiger partial charge in [-0.3, -0.25) is 19.2 Å². The second-order valence-corrected chi connectivity index (χ2v) is 12.1. The number of hydrogen-bond acceptors (Lipinski definition) is 9. The van der Waals surface area contributed by atoms with Gasteiger partial charge in [0.1, 0.15) is 22.9 Å². The molecule has 0 aliphatic carbocycles. The van der Waals surface area contributed by atoms with Crippen molar-refractivity contribution < 1.29 is 38.1 Å². The van der Waals surface area contributed by atoms with Crippen molar-refractivity contribution in [3.8, 4) is 0 Å². The van der Waals surface area contributed by atoms with E-state index in [0.717, 1.165) is 0 Å². The first-order chi connectivity index (χ1) is 17.2. The van der Waals surface area contributed by atoms with Crippen molar-refractivity contribution >= 4 is 35.0 Å². The van der Waals surface area contributed by atoms with E-state index in [0.29, 0.717) is 6.61 Å². The monoisotopic (exact) mass is 547 g/mol. The molecular weight excluding hydrogens is 498 g/mol. The van der Waals surface area contributed by atoms with Crippen LogP contribution in [-0.4, -0.2) is 92.2 Å². The second-order valence-electron chi connectivity index (χ2n) is 10.6. The Hall–Kier alpha value is -1.33. The minimum absolute atomic E-state index is 0.00469. The van der Waals surface area contributed by atoms with Crippen molar-refractivity contribution in [2.24, 2.45) is 5.92 Å². The van der Waals surface area contributed by atoms with Gasteiger partial charge >= 0.3 is 0 Å². The van der Waals surface area contributed by atoms with Crippen LogP contribution in [0.2, 0.25) is 0 Å². The van der Waals surface area contributed by atoms with Crippen molar-refractivity contribution in [1.82, 2.24) is 5.32 Å². The lowest BCUT2D eigenvalue weighted by Gasteiger charge is -2.34. The molecule has 37 heavy (non-hydrogen) atoms. The number of ketones is 3. The van der Waals surface area contributed by atoms with E-state index in [1.54, 1.807) is 11.8 Å². The fourth-order valence-electron chi connectivity index (χ4n) is 3.00. The number of rotatable bonds is 23. The number of nitrogens with one attached hydrogen (secondary N) is 1. The van der Waals surface area contributed by atoms with Gasteiger partial charge < -0.3 is 24.3 Å². The summed E-state index contributed by atoms with van der Waals surface area (Å²) in [6.45, 7) is 13.8. The minimum Gasteiger partial charge on any atom is -0.378 e. The predicted octanol–water partition coefficient (Wildman–Crippen LogP) is 3.40. The minimum atomic E-state index is -1.07. The maximum atomic E-state index is 13.0. The molecule has 0 heterocycles. The van der Waals surface area contributed by atoms with Crippen molar-refractivity contribution in [2.75, 3.05) is 52.5 Å². The highest BCUT2D eigenvalue weighted by Gasteiger charge is 2.34. The molecule has 0 aliphatic rings. The summed E-state index contributed by atoms with van der Waals surface area (Å²) in [5, 5.41) is 3.01. The maximum absolute atomic E-state index is 13.0. The number of carbonyl (C=O) groups excluding carboxylic acids is 4. The lowest BCUT2D eigenvalue weighted by Crippen LogP contribution is -2.59. The van der Waals surface area contributed by atoms with Crippen molar-refractivity contribution in [2.45, 2.75) is 90.5 Å². The van der Waals surface area contributed by atoms with E-state index < -0.39 is 5.54 Å². The van der Waals surface area contributed by atoms with E-state index in [1.165, 1.54) is 13.8 Å². The largest absolute Gasteiger partial charge is 0.378 e. The van der Waals surface area contributed by atoms with Gasteiger partial charge in [-0.25, -0.2) is 0 Å². The first-order valence-electron chi connectivity index (χ1n) is 12.9. The molecule has 0 radical (unpaired) electrons. The van der Waals surface area contributed by atoms with Crippen molar-refractivity contribution in [3.63, 3.8) is 0 Å². The van der Waals surface area contributed by atoms with Crippen LogP contribution in [0, 0.1) is 5.92 Å². The highest BCUT2D eigenvalue weighted by molar-refractivity contribution is 7.99. The summed E-state index contributed by atoms with van der Waals surface area (Å²) in [5.74, 6) is -0.272. The highest BCUT2D eigenvalue weighted by Crippen LogP contribution is 2.22. The molecule has 0 saturated heterocycles. The van der Waals surface area contributed by atoms with Gasteiger partial charge in [-0.1, -0.05) is 13.8 Å². The molecule has 0 aliphatic heterocycles. The Labute approximate surface area is 227 Å². The summed E-state index contributed by atoms with van der Waals surface area (Å²) in [6, 6.07) is 0. The average Bonchev–Trinajstić information content (AvgIpc) is 2.80. The zero-order valence-electron chi connectivity index (χ0n) is 24.1. The Morgan fingerprint density at radius 2 is 1.24 bits per heavy atom. The van der Waals surface area contributed by atoms with E-state index in [2.05, 4.69) is 19.2 Å². The van der Waals surface area contributed by atoms with E-state index in [4.69, 9.17) is 18.9 Å². The summed E-state index contributed by atoms with van der Waals surface area (Å²) >= 11 is 1.69. The van der Waals surface area contributed by atoms with E-state index in [-0.39, 0.29) is 105 Å². The van der Waals surface area contributed by atoms with Gasteiger partial charge in [0.25, 0.3) is 0 Å². The third-order valence-electron chi connectivity index (χ3n) is 5.61. The number of Topliss-reactive ketones (excluding diaryl/α,β-unsaturated/α-hetero) is 3. The molecule has 0 aromatic heterocycles. The van der Waals surface area contributed by atoms with Crippen LogP contribution in [0.1, 0.15) is 74.1 Å². The predicted molar refractivity (Wildman–Crippen MR) is 146 cm³/mol. The molecule has 0 saturated carbocycles. The molecule has 0 rings (SSSR count). The molecule has 1 atom stereocenters. The first kappa shape index (κ1) is 35.7. The number of hydrogen-bond donors (Lipinski definition) is 1. The van der Waals surface area contributed by atoms with Crippen molar-refractivity contribution in [1.29, 1.82) is 0 Å². The van der Waals surface area contributed by atoms with Crippen LogP contribution >= 0.6 is 11.8 Å². The normalized spacial score (nSPS) is 13.0.